The molecule has 0 spiro atoms. The Morgan fingerprint density at radius 1 is 1.30 bits per heavy atom. The van der Waals surface area contributed by atoms with Gasteiger partial charge in [0.25, 0.3) is 5.91 Å². The average molecular weight is 448 g/mol. The lowest BCUT2D eigenvalue weighted by Gasteiger charge is -2.17. The van der Waals surface area contributed by atoms with Crippen molar-refractivity contribution in [2.75, 3.05) is 19.0 Å². The van der Waals surface area contributed by atoms with Crippen LogP contribution in [0.1, 0.15) is 35.7 Å². The van der Waals surface area contributed by atoms with E-state index in [1.165, 1.54) is 0 Å². The molecule has 0 bridgehead atoms. The highest BCUT2D eigenvalue weighted by molar-refractivity contribution is 6.09. The fourth-order valence-electron chi connectivity index (χ4n) is 3.76. The molecule has 0 saturated carbocycles. The molecule has 1 unspecified atom stereocenters. The number of ether oxygens (including phenoxy) is 2. The lowest BCUT2D eigenvalue weighted by Crippen LogP contribution is -2.14. The van der Waals surface area contributed by atoms with E-state index in [2.05, 4.69) is 21.8 Å². The number of rotatable bonds is 9. The molecular formula is C25H29N5O3. The average Bonchev–Trinajstić information content (AvgIpc) is 3.32. The second kappa shape index (κ2) is 10.7. The van der Waals surface area contributed by atoms with Crippen molar-refractivity contribution < 1.29 is 14.3 Å². The third kappa shape index (κ3) is 5.70. The van der Waals surface area contributed by atoms with E-state index in [4.69, 9.17) is 9.47 Å². The summed E-state index contributed by atoms with van der Waals surface area (Å²) in [5.41, 5.74) is 3.46. The summed E-state index contributed by atoms with van der Waals surface area (Å²) in [6.07, 6.45) is 5.20. The summed E-state index contributed by atoms with van der Waals surface area (Å²) in [6, 6.07) is 11.1. The molecule has 2 aromatic heterocycles. The fraction of sp³-hybridized carbons (Fsp3) is 0.320. The van der Waals surface area contributed by atoms with Crippen molar-refractivity contribution in [3.63, 3.8) is 0 Å². The standard InChI is InChI=1S/C25H29N5O3/c1-17-12-20(19(3)30(17)18(2)15-32-5)13-21(14-26)25(31)28-22-6-8-23(9-7-22)33-16-24-27-10-11-29(24)4/h6-13,18H,15-16H2,1-5H3,(H,28,31)/b21-13+. The van der Waals surface area contributed by atoms with Gasteiger partial charge in [0.1, 0.15) is 29.8 Å². The second-order valence-electron chi connectivity index (χ2n) is 7.89. The van der Waals surface area contributed by atoms with Crippen molar-refractivity contribution in [3.8, 4) is 11.8 Å². The quantitative estimate of drug-likeness (QED) is 0.392. The van der Waals surface area contributed by atoms with Gasteiger partial charge < -0.3 is 23.9 Å². The summed E-state index contributed by atoms with van der Waals surface area (Å²) in [4.78, 5) is 16.9. The molecule has 8 nitrogen and oxygen atoms in total. The largest absolute Gasteiger partial charge is 0.486 e. The Morgan fingerprint density at radius 3 is 2.64 bits per heavy atom. The predicted octanol–water partition coefficient (Wildman–Crippen LogP) is 4.17. The van der Waals surface area contributed by atoms with Crippen LogP contribution in [-0.4, -0.2) is 33.7 Å². The SMILES string of the molecule is COCC(C)n1c(C)cc(/C=C(\C#N)C(=O)Nc2ccc(OCc3nccn3C)cc2)c1C. The van der Waals surface area contributed by atoms with Crippen LogP contribution in [0, 0.1) is 25.2 Å². The van der Waals surface area contributed by atoms with Crippen LogP contribution < -0.4 is 10.1 Å². The zero-order valence-electron chi connectivity index (χ0n) is 19.6. The molecule has 0 radical (unpaired) electrons. The molecule has 3 aromatic rings. The molecule has 8 heteroatoms. The Hall–Kier alpha value is -3.83. The maximum Gasteiger partial charge on any atom is 0.266 e. The summed E-state index contributed by atoms with van der Waals surface area (Å²) in [5.74, 6) is 1.01. The lowest BCUT2D eigenvalue weighted by atomic mass is 10.1. The van der Waals surface area contributed by atoms with Gasteiger partial charge in [0.05, 0.1) is 12.6 Å². The van der Waals surface area contributed by atoms with Crippen LogP contribution in [0.2, 0.25) is 0 Å². The highest BCUT2D eigenvalue weighted by Gasteiger charge is 2.16. The smallest absolute Gasteiger partial charge is 0.266 e. The summed E-state index contributed by atoms with van der Waals surface area (Å²) in [5, 5.41) is 12.4. The van der Waals surface area contributed by atoms with Crippen LogP contribution in [0.4, 0.5) is 5.69 Å². The van der Waals surface area contributed by atoms with Crippen molar-refractivity contribution in [3.05, 3.63) is 71.1 Å². The minimum atomic E-state index is -0.464. The number of hydrogen-bond acceptors (Lipinski definition) is 5. The molecule has 1 aromatic carbocycles. The number of benzene rings is 1. The number of methoxy groups -OCH3 is 1. The van der Waals surface area contributed by atoms with E-state index in [1.807, 2.05) is 43.8 Å². The number of nitrogens with one attached hydrogen (secondary N) is 1. The maximum atomic E-state index is 12.7. The number of imidazole rings is 1. The van der Waals surface area contributed by atoms with Crippen molar-refractivity contribution in [1.82, 2.24) is 14.1 Å². The van der Waals surface area contributed by atoms with Crippen molar-refractivity contribution >= 4 is 17.7 Å². The molecule has 1 atom stereocenters. The molecule has 0 aliphatic rings. The zero-order chi connectivity index (χ0) is 24.0. The minimum Gasteiger partial charge on any atom is -0.486 e. The molecular weight excluding hydrogens is 418 g/mol. The highest BCUT2D eigenvalue weighted by Crippen LogP contribution is 2.23. The van der Waals surface area contributed by atoms with E-state index in [-0.39, 0.29) is 11.6 Å². The minimum absolute atomic E-state index is 0.0322. The van der Waals surface area contributed by atoms with Crippen molar-refractivity contribution in [1.29, 1.82) is 5.26 Å². The Morgan fingerprint density at radius 2 is 2.03 bits per heavy atom. The molecule has 0 aliphatic carbocycles. The molecule has 1 amide bonds. The first-order chi connectivity index (χ1) is 15.8. The number of nitrogens with zero attached hydrogens (tertiary/aromatic N) is 4. The summed E-state index contributed by atoms with van der Waals surface area (Å²) < 4.78 is 15.0. The van der Waals surface area contributed by atoms with E-state index in [9.17, 15) is 10.1 Å². The number of aromatic nitrogens is 3. The van der Waals surface area contributed by atoms with E-state index in [0.717, 1.165) is 22.8 Å². The number of carbonyl (C=O) groups is 1. The van der Waals surface area contributed by atoms with Gasteiger partial charge in [-0.2, -0.15) is 5.26 Å². The molecule has 0 aliphatic heterocycles. The molecule has 3 rings (SSSR count). The summed E-state index contributed by atoms with van der Waals surface area (Å²) >= 11 is 0. The summed E-state index contributed by atoms with van der Waals surface area (Å²) in [7, 11) is 3.57. The van der Waals surface area contributed by atoms with Crippen LogP contribution in [0.15, 0.2) is 48.3 Å². The summed E-state index contributed by atoms with van der Waals surface area (Å²) in [6.45, 7) is 6.96. The van der Waals surface area contributed by atoms with Crippen LogP contribution in [0.25, 0.3) is 6.08 Å². The Balaban J connectivity index is 1.69. The zero-order valence-corrected chi connectivity index (χ0v) is 19.6. The van der Waals surface area contributed by atoms with Gasteiger partial charge in [0.15, 0.2) is 0 Å². The van der Waals surface area contributed by atoms with Gasteiger partial charge in [-0.05, 0) is 62.7 Å². The van der Waals surface area contributed by atoms with Gasteiger partial charge in [-0.3, -0.25) is 4.79 Å². The number of nitriles is 1. The van der Waals surface area contributed by atoms with E-state index >= 15 is 0 Å². The Bertz CT molecular complexity index is 1180. The maximum absolute atomic E-state index is 12.7. The van der Waals surface area contributed by atoms with Gasteiger partial charge >= 0.3 is 0 Å². The number of aryl methyl sites for hydroxylation is 2. The number of carbonyl (C=O) groups excluding carboxylic acids is 1. The molecule has 0 fully saturated rings. The second-order valence-corrected chi connectivity index (χ2v) is 7.89. The van der Waals surface area contributed by atoms with E-state index < -0.39 is 5.91 Å². The van der Waals surface area contributed by atoms with Crippen LogP contribution in [0.3, 0.4) is 0 Å². The van der Waals surface area contributed by atoms with Crippen molar-refractivity contribution in [2.24, 2.45) is 7.05 Å². The highest BCUT2D eigenvalue weighted by atomic mass is 16.5. The van der Waals surface area contributed by atoms with Gasteiger partial charge in [-0.25, -0.2) is 4.98 Å². The van der Waals surface area contributed by atoms with E-state index in [0.29, 0.717) is 24.7 Å². The molecule has 33 heavy (non-hydrogen) atoms. The molecule has 2 heterocycles. The van der Waals surface area contributed by atoms with Gasteiger partial charge in [0.2, 0.25) is 0 Å². The predicted molar refractivity (Wildman–Crippen MR) is 127 cm³/mol. The van der Waals surface area contributed by atoms with Gasteiger partial charge in [0, 0.05) is 43.6 Å². The monoisotopic (exact) mass is 447 g/mol. The lowest BCUT2D eigenvalue weighted by molar-refractivity contribution is -0.112. The van der Waals surface area contributed by atoms with Gasteiger partial charge in [-0.15, -0.1) is 0 Å². The topological polar surface area (TPSA) is 94.1 Å². The normalized spacial score (nSPS) is 12.3. The number of amides is 1. The number of anilines is 1. The first-order valence-corrected chi connectivity index (χ1v) is 10.6. The van der Waals surface area contributed by atoms with E-state index in [1.54, 1.807) is 43.6 Å². The molecule has 172 valence electrons. The third-order valence-electron chi connectivity index (χ3n) is 5.44. The Kier molecular flexibility index (Phi) is 7.70. The Labute approximate surface area is 194 Å². The fourth-order valence-corrected chi connectivity index (χ4v) is 3.76. The first-order valence-electron chi connectivity index (χ1n) is 10.6. The first kappa shape index (κ1) is 23.8. The van der Waals surface area contributed by atoms with Crippen molar-refractivity contribution in [2.45, 2.75) is 33.4 Å². The molecule has 1 N–H and O–H groups in total. The van der Waals surface area contributed by atoms with Crippen LogP contribution in [0.5, 0.6) is 5.75 Å². The van der Waals surface area contributed by atoms with Crippen LogP contribution >= 0.6 is 0 Å². The van der Waals surface area contributed by atoms with Gasteiger partial charge in [-0.1, -0.05) is 0 Å². The third-order valence-corrected chi connectivity index (χ3v) is 5.44. The van der Waals surface area contributed by atoms with Crippen LogP contribution in [-0.2, 0) is 23.2 Å². The molecule has 0 saturated heterocycles. The number of hydrogen-bond donors (Lipinski definition) is 1.